The Hall–Kier alpha value is -2.84. The van der Waals surface area contributed by atoms with Crippen LogP contribution in [0.1, 0.15) is 38.3 Å². The summed E-state index contributed by atoms with van der Waals surface area (Å²) < 4.78 is 32.1. The molecule has 1 N–H and O–H groups in total. The number of benzene rings is 2. The van der Waals surface area contributed by atoms with Crippen molar-refractivity contribution in [2.45, 2.75) is 44.9 Å². The molecule has 0 spiro atoms. The van der Waals surface area contributed by atoms with Gasteiger partial charge in [-0.25, -0.2) is 17.5 Å². The van der Waals surface area contributed by atoms with Crippen LogP contribution in [0.3, 0.4) is 0 Å². The van der Waals surface area contributed by atoms with Crippen LogP contribution in [0.2, 0.25) is 5.02 Å². The number of sulfonamides is 1. The molecule has 2 aromatic rings. The molecular weight excluding hydrogens is 490 g/mol. The van der Waals surface area contributed by atoms with Crippen molar-refractivity contribution in [3.63, 3.8) is 0 Å². The molecule has 1 unspecified atom stereocenters. The predicted octanol–water partition coefficient (Wildman–Crippen LogP) is 5.33. The molecule has 0 fully saturated rings. The highest BCUT2D eigenvalue weighted by Crippen LogP contribution is 2.33. The summed E-state index contributed by atoms with van der Waals surface area (Å²) in [6.07, 6.45) is -0.332. The van der Waals surface area contributed by atoms with Gasteiger partial charge in [-0.3, -0.25) is 4.79 Å². The van der Waals surface area contributed by atoms with E-state index in [1.54, 1.807) is 6.92 Å². The minimum absolute atomic E-state index is 0.0442. The second-order valence-electron chi connectivity index (χ2n) is 9.11. The van der Waals surface area contributed by atoms with Crippen molar-refractivity contribution in [3.05, 3.63) is 76.0 Å². The minimum Gasteiger partial charge on any atom is -0.497 e. The van der Waals surface area contributed by atoms with Gasteiger partial charge in [0.1, 0.15) is 5.76 Å². The Bertz CT molecular complexity index is 1220. The third-order valence-corrected chi connectivity index (χ3v) is 7.89. The zero-order valence-corrected chi connectivity index (χ0v) is 21.6. The molecule has 1 aliphatic carbocycles. The van der Waals surface area contributed by atoms with Crippen molar-refractivity contribution in [3.8, 4) is 0 Å². The first-order valence-corrected chi connectivity index (χ1v) is 13.3. The fraction of sp³-hybridized carbons (Fsp3) is 0.385. The second kappa shape index (κ2) is 11.3. The van der Waals surface area contributed by atoms with Crippen LogP contribution in [0.25, 0.3) is 0 Å². The largest absolute Gasteiger partial charge is 0.497 e. The van der Waals surface area contributed by atoms with Crippen LogP contribution < -0.4 is 0 Å². The Labute approximate surface area is 211 Å². The lowest BCUT2D eigenvalue weighted by Crippen LogP contribution is -2.37. The lowest BCUT2D eigenvalue weighted by molar-refractivity contribution is -0.115. The Morgan fingerprint density at radius 3 is 2.46 bits per heavy atom. The highest BCUT2D eigenvalue weighted by molar-refractivity contribution is 7.89. The van der Waals surface area contributed by atoms with Gasteiger partial charge in [-0.15, -0.1) is 0 Å². The molecule has 0 aliphatic heterocycles. The van der Waals surface area contributed by atoms with Gasteiger partial charge in [0.25, 0.3) is 10.0 Å². The highest BCUT2D eigenvalue weighted by Gasteiger charge is 2.32. The number of rotatable bonds is 10. The summed E-state index contributed by atoms with van der Waals surface area (Å²) in [5.41, 5.74) is 2.45. The van der Waals surface area contributed by atoms with Gasteiger partial charge < -0.3 is 9.84 Å². The van der Waals surface area contributed by atoms with E-state index in [9.17, 15) is 23.1 Å². The molecule has 0 saturated heterocycles. The van der Waals surface area contributed by atoms with E-state index < -0.39 is 16.1 Å². The number of ketones is 1. The fourth-order valence-electron chi connectivity index (χ4n) is 4.04. The van der Waals surface area contributed by atoms with E-state index >= 15 is 0 Å². The van der Waals surface area contributed by atoms with Gasteiger partial charge in [-0.2, -0.15) is 0 Å². The van der Waals surface area contributed by atoms with Crippen LogP contribution >= 0.6 is 11.6 Å². The van der Waals surface area contributed by atoms with Crippen LogP contribution in [0.15, 0.2) is 64.8 Å². The van der Waals surface area contributed by atoms with Crippen LogP contribution in [0, 0.1) is 11.8 Å². The fourth-order valence-corrected chi connectivity index (χ4v) is 5.44. The van der Waals surface area contributed by atoms with Gasteiger partial charge in [0.15, 0.2) is 5.78 Å². The molecule has 1 amide bonds. The molecule has 0 radical (unpaired) electrons. The molecule has 3 rings (SSSR count). The molecule has 1 aliphatic rings. The van der Waals surface area contributed by atoms with E-state index in [4.69, 9.17) is 16.3 Å². The molecule has 1 atom stereocenters. The van der Waals surface area contributed by atoms with E-state index in [0.717, 1.165) is 16.9 Å². The monoisotopic (exact) mass is 519 g/mol. The van der Waals surface area contributed by atoms with E-state index in [1.807, 2.05) is 24.3 Å². The zero-order valence-electron chi connectivity index (χ0n) is 20.0. The molecule has 0 saturated carbocycles. The smallest absolute Gasteiger partial charge is 0.421 e. The standard InChI is InChI=1S/C26H30ClNO6S/c1-17(2)16-34-25-18(3)24(29)15-21(25)14-20-6-4-5-19(13-20)11-12-28(26(30)31)35(32,33)23-9-7-22(27)8-10-23/h4-10,13,17,21H,11-12,14-16H2,1-3H3,(H,30,31). The van der Waals surface area contributed by atoms with Crippen LogP contribution in [-0.4, -0.2) is 42.9 Å². The van der Waals surface area contributed by atoms with Crippen molar-refractivity contribution in [2.24, 2.45) is 11.8 Å². The quantitative estimate of drug-likeness (QED) is 0.455. The van der Waals surface area contributed by atoms with E-state index in [2.05, 4.69) is 13.8 Å². The third kappa shape index (κ3) is 6.64. The average Bonchev–Trinajstić information content (AvgIpc) is 3.05. The van der Waals surface area contributed by atoms with E-state index in [-0.39, 0.29) is 29.6 Å². The number of carbonyl (C=O) groups is 2. The maximum absolute atomic E-state index is 12.9. The maximum Gasteiger partial charge on any atom is 0.421 e. The number of carboxylic acid groups (broad SMARTS) is 1. The highest BCUT2D eigenvalue weighted by atomic mass is 35.5. The number of Topliss-reactive ketones (excluding diaryl/α,β-unsaturated/α-hetero) is 1. The Balaban J connectivity index is 1.72. The number of allylic oxidation sites excluding steroid dienone is 2. The van der Waals surface area contributed by atoms with Crippen molar-refractivity contribution in [2.75, 3.05) is 13.2 Å². The molecule has 35 heavy (non-hydrogen) atoms. The normalized spacial score (nSPS) is 16.1. The van der Waals surface area contributed by atoms with E-state index in [1.165, 1.54) is 24.3 Å². The first-order valence-electron chi connectivity index (χ1n) is 11.4. The predicted molar refractivity (Wildman–Crippen MR) is 134 cm³/mol. The number of nitrogens with zero attached hydrogens (tertiary/aromatic N) is 1. The summed E-state index contributed by atoms with van der Waals surface area (Å²) in [6.45, 7) is 6.23. The molecule has 0 bridgehead atoms. The summed E-state index contributed by atoms with van der Waals surface area (Å²) in [5.74, 6) is 1.14. The summed E-state index contributed by atoms with van der Waals surface area (Å²) in [7, 11) is -4.23. The second-order valence-corrected chi connectivity index (χ2v) is 11.4. The number of halogens is 1. The first-order chi connectivity index (χ1) is 16.5. The molecule has 7 nitrogen and oxygen atoms in total. The molecule has 0 aromatic heterocycles. The summed E-state index contributed by atoms with van der Waals surface area (Å²) >= 11 is 5.82. The van der Waals surface area contributed by atoms with E-state index in [0.29, 0.717) is 40.3 Å². The maximum atomic E-state index is 12.9. The molecule has 2 aromatic carbocycles. The number of carbonyl (C=O) groups excluding carboxylic acids is 1. The number of amides is 1. The van der Waals surface area contributed by atoms with Crippen LogP contribution in [-0.2, 0) is 32.4 Å². The van der Waals surface area contributed by atoms with Crippen LogP contribution in [0.4, 0.5) is 4.79 Å². The number of hydrogen-bond acceptors (Lipinski definition) is 5. The lowest BCUT2D eigenvalue weighted by atomic mass is 9.95. The summed E-state index contributed by atoms with van der Waals surface area (Å²) in [6, 6.07) is 12.9. The topological polar surface area (TPSA) is 101 Å². The Kier molecular flexibility index (Phi) is 8.61. The van der Waals surface area contributed by atoms with Gasteiger partial charge in [0, 0.05) is 29.5 Å². The number of hydrogen-bond donors (Lipinski definition) is 1. The minimum atomic E-state index is -4.23. The van der Waals surface area contributed by atoms with Crippen LogP contribution in [0.5, 0.6) is 0 Å². The van der Waals surface area contributed by atoms with Gasteiger partial charge in [0.05, 0.1) is 11.5 Å². The van der Waals surface area contributed by atoms with Crippen molar-refractivity contribution in [1.29, 1.82) is 0 Å². The Morgan fingerprint density at radius 1 is 1.17 bits per heavy atom. The zero-order chi connectivity index (χ0) is 25.8. The summed E-state index contributed by atoms with van der Waals surface area (Å²) in [5, 5.41) is 9.94. The third-order valence-electron chi connectivity index (χ3n) is 5.85. The average molecular weight is 520 g/mol. The molecule has 9 heteroatoms. The van der Waals surface area contributed by atoms with Crippen molar-refractivity contribution in [1.82, 2.24) is 4.31 Å². The SMILES string of the molecule is CC1=C(OCC(C)C)C(Cc2cccc(CCN(C(=O)O)S(=O)(=O)c3ccc(Cl)cc3)c2)CC1=O. The van der Waals surface area contributed by atoms with Gasteiger partial charge >= 0.3 is 6.09 Å². The molecule has 0 heterocycles. The molecule has 188 valence electrons. The first kappa shape index (κ1) is 26.8. The van der Waals surface area contributed by atoms with Gasteiger partial charge in [0.2, 0.25) is 0 Å². The van der Waals surface area contributed by atoms with Gasteiger partial charge in [-0.1, -0.05) is 49.7 Å². The summed E-state index contributed by atoms with van der Waals surface area (Å²) in [4.78, 5) is 23.9. The Morgan fingerprint density at radius 2 is 1.83 bits per heavy atom. The van der Waals surface area contributed by atoms with Crippen molar-refractivity contribution >= 4 is 33.5 Å². The van der Waals surface area contributed by atoms with Crippen molar-refractivity contribution < 1.29 is 27.9 Å². The number of ether oxygens (including phenoxy) is 1. The van der Waals surface area contributed by atoms with Gasteiger partial charge in [-0.05, 0) is 61.1 Å². The lowest BCUT2D eigenvalue weighted by Gasteiger charge is -2.20. The molecular formula is C26H30ClNO6S.